The molecule has 6 N–H and O–H groups in total. The summed E-state index contributed by atoms with van der Waals surface area (Å²) in [5.41, 5.74) is 6.70. The summed E-state index contributed by atoms with van der Waals surface area (Å²) in [6.45, 7) is 0. The van der Waals surface area contributed by atoms with Gasteiger partial charge in [-0.15, -0.1) is 0 Å². The van der Waals surface area contributed by atoms with Crippen LogP contribution < -0.4 is 11.6 Å². The third-order valence-electron chi connectivity index (χ3n) is 5.12. The Morgan fingerprint density at radius 2 is 2.11 bits per heavy atom. The number of aliphatic hydroxyl groups excluding tert-OH is 2. The number of nitrogen functional groups attached to an aromatic ring is 1. The lowest BCUT2D eigenvalue weighted by atomic mass is 10.1. The number of nitrogens with two attached hydrogens (primary N) is 2. The third kappa shape index (κ3) is 3.30. The largest absolute Gasteiger partial charge is 0.387 e. The fraction of sp³-hybridized carbons (Fsp3) is 0.562. The van der Waals surface area contributed by atoms with Crippen LogP contribution in [0.4, 0.5) is 5.82 Å². The van der Waals surface area contributed by atoms with Crippen LogP contribution >= 0.6 is 0 Å². The van der Waals surface area contributed by atoms with Gasteiger partial charge < -0.3 is 20.7 Å². The molecule has 1 fully saturated rings. The Labute approximate surface area is 158 Å². The zero-order valence-corrected chi connectivity index (χ0v) is 15.6. The summed E-state index contributed by atoms with van der Waals surface area (Å²) in [6.07, 6.45) is 6.34. The van der Waals surface area contributed by atoms with Crippen LogP contribution in [-0.2, 0) is 20.5 Å². The van der Waals surface area contributed by atoms with Gasteiger partial charge in [-0.2, -0.15) is 0 Å². The molecule has 0 radical (unpaired) electrons. The van der Waals surface area contributed by atoms with E-state index in [1.54, 1.807) is 4.57 Å². The number of ether oxygens (including phenoxy) is 1. The number of hydrogen-bond acceptors (Lipinski definition) is 9. The van der Waals surface area contributed by atoms with Crippen LogP contribution in [0.25, 0.3) is 11.2 Å². The number of aromatic nitrogens is 4. The molecule has 3 heterocycles. The van der Waals surface area contributed by atoms with E-state index < -0.39 is 24.5 Å². The quantitative estimate of drug-likeness (QED) is 0.279. The molecule has 1 saturated heterocycles. The molecule has 2 aliphatic rings. The van der Waals surface area contributed by atoms with E-state index in [1.165, 1.54) is 12.7 Å². The first-order chi connectivity index (χ1) is 13.0. The second-order valence-electron chi connectivity index (χ2n) is 6.82. The minimum Gasteiger partial charge on any atom is -0.387 e. The zero-order chi connectivity index (χ0) is 19.1. The number of nitrogens with zero attached hydrogens (tertiary/aromatic N) is 4. The fourth-order valence-corrected chi connectivity index (χ4v) is 5.49. The molecule has 7 atom stereocenters. The van der Waals surface area contributed by atoms with Crippen molar-refractivity contribution in [2.75, 3.05) is 17.7 Å². The van der Waals surface area contributed by atoms with Crippen molar-refractivity contribution in [1.29, 1.82) is 0 Å². The maximum atomic E-state index is 10.5. The second-order valence-corrected chi connectivity index (χ2v) is 9.14. The molecule has 2 aromatic heterocycles. The van der Waals surface area contributed by atoms with Gasteiger partial charge >= 0.3 is 0 Å². The molecular weight excluding hydrogens is 372 g/mol. The summed E-state index contributed by atoms with van der Waals surface area (Å²) in [5.74, 6) is 6.12. The Hall–Kier alpha value is -1.76. The van der Waals surface area contributed by atoms with E-state index in [-0.39, 0.29) is 22.8 Å². The minimum absolute atomic E-state index is 0.0693. The van der Waals surface area contributed by atoms with E-state index in [4.69, 9.17) is 21.2 Å². The molecule has 0 bridgehead atoms. The van der Waals surface area contributed by atoms with E-state index in [2.05, 4.69) is 27.3 Å². The van der Waals surface area contributed by atoms with Gasteiger partial charge in [0.05, 0.1) is 12.6 Å². The molecule has 3 unspecified atom stereocenters. The molecule has 0 amide bonds. The Morgan fingerprint density at radius 3 is 2.85 bits per heavy atom. The number of fused-ring (bicyclic) bond motifs is 1. The van der Waals surface area contributed by atoms with Crippen molar-refractivity contribution < 1.29 is 19.8 Å². The summed E-state index contributed by atoms with van der Waals surface area (Å²) in [7, 11) is -0.0746. The van der Waals surface area contributed by atoms with Gasteiger partial charge in [-0.3, -0.25) is 9.40 Å². The Bertz CT molecular complexity index is 847. The molecule has 146 valence electrons. The molecule has 1 aliphatic heterocycles. The van der Waals surface area contributed by atoms with Crippen LogP contribution in [0.2, 0.25) is 0 Å². The predicted molar refractivity (Wildman–Crippen MR) is 100 cm³/mol. The lowest BCUT2D eigenvalue weighted by Gasteiger charge is -2.17. The topological polar surface area (TPSA) is 155 Å². The van der Waals surface area contributed by atoms with Gasteiger partial charge in [0.1, 0.15) is 47.3 Å². The van der Waals surface area contributed by atoms with Gasteiger partial charge in [0.15, 0.2) is 17.7 Å². The van der Waals surface area contributed by atoms with Crippen LogP contribution in [-0.4, -0.2) is 71.4 Å². The molecule has 0 spiro atoms. The van der Waals surface area contributed by atoms with E-state index >= 15 is 0 Å². The number of aliphatic hydroxyl groups is 2. The summed E-state index contributed by atoms with van der Waals surface area (Å²) in [4.78, 5) is 17.2. The van der Waals surface area contributed by atoms with Gasteiger partial charge in [-0.25, -0.2) is 20.8 Å². The minimum atomic E-state index is -1.10. The number of anilines is 1. The fourth-order valence-electron chi connectivity index (χ4n) is 3.57. The van der Waals surface area contributed by atoms with Crippen LogP contribution in [0, 0.1) is 0 Å². The Kier molecular flexibility index (Phi) is 5.05. The predicted octanol–water partition coefficient (Wildman–Crippen LogP) is -1.14. The van der Waals surface area contributed by atoms with Crippen LogP contribution in [0.1, 0.15) is 12.6 Å². The van der Waals surface area contributed by atoms with Gasteiger partial charge in [0.25, 0.3) is 0 Å². The molecular formula is C16H23N6O4S+. The van der Waals surface area contributed by atoms with Crippen LogP contribution in [0.3, 0.4) is 0 Å². The zero-order valence-electron chi connectivity index (χ0n) is 14.8. The highest BCUT2D eigenvalue weighted by Gasteiger charge is 2.47. The molecule has 11 heteroatoms. The van der Waals surface area contributed by atoms with Gasteiger partial charge in [0.2, 0.25) is 0 Å². The molecule has 0 aromatic carbocycles. The number of hydrogen-bond donors (Lipinski definition) is 4. The van der Waals surface area contributed by atoms with Crippen molar-refractivity contribution in [2.45, 2.75) is 42.3 Å². The van der Waals surface area contributed by atoms with Crippen molar-refractivity contribution in [1.82, 2.24) is 19.5 Å². The van der Waals surface area contributed by atoms with E-state index in [9.17, 15) is 10.2 Å². The smallest absolute Gasteiger partial charge is 0.167 e. The second kappa shape index (κ2) is 7.34. The van der Waals surface area contributed by atoms with Crippen molar-refractivity contribution in [2.24, 2.45) is 5.90 Å². The lowest BCUT2D eigenvalue weighted by molar-refractivity contribution is -0.0290. The van der Waals surface area contributed by atoms with E-state index in [1.807, 2.05) is 6.08 Å². The van der Waals surface area contributed by atoms with E-state index in [0.717, 1.165) is 6.42 Å². The van der Waals surface area contributed by atoms with Crippen molar-refractivity contribution >= 4 is 27.9 Å². The van der Waals surface area contributed by atoms with Crippen molar-refractivity contribution in [3.05, 3.63) is 24.8 Å². The highest BCUT2D eigenvalue weighted by atomic mass is 32.2. The molecule has 2 aromatic rings. The van der Waals surface area contributed by atoms with Gasteiger partial charge in [-0.05, 0) is 17.0 Å². The van der Waals surface area contributed by atoms with Gasteiger partial charge in [0, 0.05) is 6.42 Å². The molecule has 10 nitrogen and oxygen atoms in total. The number of imidazole rings is 1. The number of rotatable bonds is 5. The first-order valence-corrected chi connectivity index (χ1v) is 10.5. The molecule has 1 aliphatic carbocycles. The Morgan fingerprint density at radius 1 is 1.30 bits per heavy atom. The van der Waals surface area contributed by atoms with Gasteiger partial charge in [-0.1, -0.05) is 6.08 Å². The summed E-state index contributed by atoms with van der Waals surface area (Å²) in [5, 5.41) is 21.4. The summed E-state index contributed by atoms with van der Waals surface area (Å²) in [6, 6.07) is 0. The van der Waals surface area contributed by atoms with Crippen molar-refractivity contribution in [3.63, 3.8) is 0 Å². The van der Waals surface area contributed by atoms with Crippen molar-refractivity contribution in [3.8, 4) is 0 Å². The highest BCUT2D eigenvalue weighted by Crippen LogP contribution is 2.33. The molecule has 27 heavy (non-hydrogen) atoms. The summed E-state index contributed by atoms with van der Waals surface area (Å²) < 4.78 is 7.60. The Balaban J connectivity index is 1.49. The van der Waals surface area contributed by atoms with E-state index in [0.29, 0.717) is 22.2 Å². The van der Waals surface area contributed by atoms with Crippen LogP contribution in [0.15, 0.2) is 24.8 Å². The highest BCUT2D eigenvalue weighted by molar-refractivity contribution is 7.97. The average molecular weight is 395 g/mol. The summed E-state index contributed by atoms with van der Waals surface area (Å²) >= 11 is 0. The van der Waals surface area contributed by atoms with Crippen LogP contribution in [0.5, 0.6) is 0 Å². The standard InChI is InChI=1S/C16H23N6O4S/c1-27(9-3-2-8(4-9)26-18)5-10-12(23)13(24)16(25-10)22-7-21-11-14(17)19-6-20-15(11)22/h2-3,6-10,12-13,16,23-24H,4-5,18H2,1H3,(H2,17,19,20)/q+1/t8?,9?,10-,12-,13-,16-,27?/m0/s1. The lowest BCUT2D eigenvalue weighted by Crippen LogP contribution is -2.37. The normalized spacial score (nSPS) is 34.5. The monoisotopic (exact) mass is 395 g/mol. The first kappa shape index (κ1) is 18.6. The average Bonchev–Trinajstić information content (AvgIpc) is 3.36. The SMILES string of the molecule is C[S+](C[C@@H]1O[C@H](n2cnc3c(N)ncnc32)[C@@H](O)[C@H]1O)C1C=CC(ON)C1. The molecule has 0 saturated carbocycles. The maximum Gasteiger partial charge on any atom is 0.167 e. The third-order valence-corrected chi connectivity index (χ3v) is 7.36. The molecule has 4 rings (SSSR count). The first-order valence-electron chi connectivity index (χ1n) is 8.59. The maximum absolute atomic E-state index is 10.5.